The third-order valence-corrected chi connectivity index (χ3v) is 4.07. The molecule has 0 spiro atoms. The molecule has 0 bridgehead atoms. The fourth-order valence-electron chi connectivity index (χ4n) is 2.98. The summed E-state index contributed by atoms with van der Waals surface area (Å²) in [6, 6.07) is 0. The van der Waals surface area contributed by atoms with Gasteiger partial charge in [0.15, 0.2) is 5.96 Å². The normalized spacial score (nSPS) is 18.4. The SMILES string of the molecule is CCNC(=NCCCN1CCCC(C)C1)NCCNC(=O)OC(C)(C)C.I. The Morgan fingerprint density at radius 3 is 2.56 bits per heavy atom. The number of carbonyl (C=O) groups is 1. The van der Waals surface area contributed by atoms with Gasteiger partial charge in [0, 0.05) is 32.7 Å². The van der Waals surface area contributed by atoms with Gasteiger partial charge in [-0.2, -0.15) is 0 Å². The predicted molar refractivity (Wildman–Crippen MR) is 123 cm³/mol. The molecule has 1 fully saturated rings. The van der Waals surface area contributed by atoms with Crippen molar-refractivity contribution in [2.75, 3.05) is 45.8 Å². The van der Waals surface area contributed by atoms with E-state index in [-0.39, 0.29) is 24.0 Å². The number of amides is 1. The molecule has 0 aromatic heterocycles. The van der Waals surface area contributed by atoms with Crippen LogP contribution in [0.2, 0.25) is 0 Å². The van der Waals surface area contributed by atoms with Crippen LogP contribution in [0.4, 0.5) is 4.79 Å². The van der Waals surface area contributed by atoms with Crippen LogP contribution in [0.25, 0.3) is 0 Å². The third kappa shape index (κ3) is 14.0. The Hall–Kier alpha value is -0.770. The maximum atomic E-state index is 11.6. The predicted octanol–water partition coefficient (Wildman–Crippen LogP) is 2.81. The zero-order valence-electron chi connectivity index (χ0n) is 17.8. The fraction of sp³-hybridized carbons (Fsp3) is 0.895. The number of halogens is 1. The lowest BCUT2D eigenvalue weighted by molar-refractivity contribution is 0.0529. The molecule has 160 valence electrons. The number of likely N-dealkylation sites (tertiary alicyclic amines) is 1. The van der Waals surface area contributed by atoms with Gasteiger partial charge in [-0.05, 0) is 66.0 Å². The molecule has 0 radical (unpaired) electrons. The highest BCUT2D eigenvalue weighted by atomic mass is 127. The minimum atomic E-state index is -0.472. The molecule has 1 aliphatic heterocycles. The molecule has 8 heteroatoms. The number of guanidine groups is 1. The summed E-state index contributed by atoms with van der Waals surface area (Å²) in [6.07, 6.45) is 3.36. The minimum Gasteiger partial charge on any atom is -0.444 e. The van der Waals surface area contributed by atoms with Gasteiger partial charge < -0.3 is 25.6 Å². The second-order valence-electron chi connectivity index (χ2n) is 8.02. The summed E-state index contributed by atoms with van der Waals surface area (Å²) >= 11 is 0. The van der Waals surface area contributed by atoms with E-state index >= 15 is 0 Å². The molecule has 1 aliphatic rings. The summed E-state index contributed by atoms with van der Waals surface area (Å²) in [6.45, 7) is 16.2. The van der Waals surface area contributed by atoms with Gasteiger partial charge in [0.05, 0.1) is 0 Å². The van der Waals surface area contributed by atoms with Gasteiger partial charge in [0.25, 0.3) is 0 Å². The first-order valence-electron chi connectivity index (χ1n) is 10.0. The summed E-state index contributed by atoms with van der Waals surface area (Å²) in [7, 11) is 0. The smallest absolute Gasteiger partial charge is 0.407 e. The van der Waals surface area contributed by atoms with Gasteiger partial charge in [-0.15, -0.1) is 24.0 Å². The first kappa shape index (κ1) is 26.2. The van der Waals surface area contributed by atoms with Gasteiger partial charge in [-0.25, -0.2) is 4.79 Å². The van der Waals surface area contributed by atoms with E-state index in [9.17, 15) is 4.79 Å². The van der Waals surface area contributed by atoms with E-state index in [2.05, 4.69) is 32.8 Å². The fourth-order valence-corrected chi connectivity index (χ4v) is 2.98. The van der Waals surface area contributed by atoms with Gasteiger partial charge >= 0.3 is 6.09 Å². The Kier molecular flexibility index (Phi) is 13.9. The highest BCUT2D eigenvalue weighted by molar-refractivity contribution is 14.0. The average molecular weight is 497 g/mol. The third-order valence-electron chi connectivity index (χ3n) is 4.07. The van der Waals surface area contributed by atoms with Crippen LogP contribution in [-0.4, -0.2) is 68.4 Å². The maximum Gasteiger partial charge on any atom is 0.407 e. The molecular weight excluding hydrogens is 457 g/mol. The molecule has 7 nitrogen and oxygen atoms in total. The molecule has 0 saturated carbocycles. The molecule has 27 heavy (non-hydrogen) atoms. The Labute approximate surface area is 182 Å². The number of aliphatic imine (C=N–C) groups is 1. The van der Waals surface area contributed by atoms with Crippen LogP contribution in [0.15, 0.2) is 4.99 Å². The molecule has 1 rings (SSSR count). The van der Waals surface area contributed by atoms with Crippen molar-refractivity contribution in [2.24, 2.45) is 10.9 Å². The number of alkyl carbamates (subject to hydrolysis) is 1. The lowest BCUT2D eigenvalue weighted by atomic mass is 10.0. The maximum absolute atomic E-state index is 11.6. The van der Waals surface area contributed by atoms with Crippen LogP contribution in [-0.2, 0) is 4.74 Å². The number of nitrogens with one attached hydrogen (secondary N) is 3. The first-order chi connectivity index (χ1) is 12.3. The van der Waals surface area contributed by atoms with Crippen LogP contribution >= 0.6 is 24.0 Å². The van der Waals surface area contributed by atoms with Crippen molar-refractivity contribution in [3.8, 4) is 0 Å². The van der Waals surface area contributed by atoms with Gasteiger partial charge in [-0.1, -0.05) is 6.92 Å². The van der Waals surface area contributed by atoms with Crippen LogP contribution < -0.4 is 16.0 Å². The monoisotopic (exact) mass is 497 g/mol. The van der Waals surface area contributed by atoms with Gasteiger partial charge in [0.1, 0.15) is 5.60 Å². The Morgan fingerprint density at radius 2 is 1.93 bits per heavy atom. The number of rotatable bonds is 8. The number of nitrogens with zero attached hydrogens (tertiary/aromatic N) is 2. The first-order valence-corrected chi connectivity index (χ1v) is 10.0. The lowest BCUT2D eigenvalue weighted by Crippen LogP contribution is -2.42. The van der Waals surface area contributed by atoms with E-state index in [1.54, 1.807) is 0 Å². The summed E-state index contributed by atoms with van der Waals surface area (Å²) < 4.78 is 5.21. The number of piperidine rings is 1. The van der Waals surface area contributed by atoms with E-state index < -0.39 is 11.7 Å². The molecule has 1 saturated heterocycles. The summed E-state index contributed by atoms with van der Waals surface area (Å²) in [4.78, 5) is 18.8. The van der Waals surface area contributed by atoms with Crippen LogP contribution in [0, 0.1) is 5.92 Å². The quantitative estimate of drug-likeness (QED) is 0.208. The highest BCUT2D eigenvalue weighted by Crippen LogP contribution is 2.15. The van der Waals surface area contributed by atoms with Crippen LogP contribution in [0.1, 0.15) is 53.9 Å². The molecule has 1 amide bonds. The molecule has 1 heterocycles. The molecule has 1 atom stereocenters. The van der Waals surface area contributed by atoms with Gasteiger partial charge in [0.2, 0.25) is 0 Å². The second-order valence-corrected chi connectivity index (χ2v) is 8.02. The Morgan fingerprint density at radius 1 is 1.22 bits per heavy atom. The van der Waals surface area contributed by atoms with Crippen molar-refractivity contribution >= 4 is 36.0 Å². The van der Waals surface area contributed by atoms with E-state index in [1.807, 2.05) is 27.7 Å². The number of ether oxygens (including phenoxy) is 1. The second kappa shape index (κ2) is 14.3. The summed E-state index contributed by atoms with van der Waals surface area (Å²) in [5.41, 5.74) is -0.472. The molecular formula is C19H40IN5O2. The van der Waals surface area contributed by atoms with Crippen molar-refractivity contribution < 1.29 is 9.53 Å². The molecule has 0 aromatic carbocycles. The largest absolute Gasteiger partial charge is 0.444 e. The zero-order chi connectivity index (χ0) is 19.4. The van der Waals surface area contributed by atoms with Crippen molar-refractivity contribution in [1.29, 1.82) is 0 Å². The molecule has 1 unspecified atom stereocenters. The summed E-state index contributed by atoms with van der Waals surface area (Å²) in [5, 5.41) is 9.21. The van der Waals surface area contributed by atoms with E-state index in [0.717, 1.165) is 37.9 Å². The van der Waals surface area contributed by atoms with E-state index in [4.69, 9.17) is 4.74 Å². The lowest BCUT2D eigenvalue weighted by Gasteiger charge is -2.30. The summed E-state index contributed by atoms with van der Waals surface area (Å²) in [5.74, 6) is 1.62. The standard InChI is InChI=1S/C19H39N5O2.HI/c1-6-20-17(22-11-12-23-18(25)26-19(3,4)5)21-10-8-14-24-13-7-9-16(2)15-24;/h16H,6-15H2,1-5H3,(H,23,25)(H2,20,21,22);1H. The van der Waals surface area contributed by atoms with Crippen molar-refractivity contribution in [3.63, 3.8) is 0 Å². The molecule has 0 aromatic rings. The molecule has 3 N–H and O–H groups in total. The topological polar surface area (TPSA) is 78.0 Å². The van der Waals surface area contributed by atoms with Crippen molar-refractivity contribution in [3.05, 3.63) is 0 Å². The Balaban J connectivity index is 0.00000676. The van der Waals surface area contributed by atoms with Crippen molar-refractivity contribution in [2.45, 2.75) is 59.5 Å². The van der Waals surface area contributed by atoms with E-state index in [0.29, 0.717) is 13.1 Å². The van der Waals surface area contributed by atoms with Crippen molar-refractivity contribution in [1.82, 2.24) is 20.9 Å². The number of hydrogen-bond donors (Lipinski definition) is 3. The van der Waals surface area contributed by atoms with Crippen LogP contribution in [0.3, 0.4) is 0 Å². The molecule has 0 aliphatic carbocycles. The van der Waals surface area contributed by atoms with Gasteiger partial charge in [-0.3, -0.25) is 4.99 Å². The number of hydrogen-bond acceptors (Lipinski definition) is 4. The number of carbonyl (C=O) groups excluding carboxylic acids is 1. The van der Waals surface area contributed by atoms with E-state index in [1.165, 1.54) is 25.9 Å². The minimum absolute atomic E-state index is 0. The Bertz CT molecular complexity index is 440. The zero-order valence-corrected chi connectivity index (χ0v) is 20.1. The van der Waals surface area contributed by atoms with Crippen LogP contribution in [0.5, 0.6) is 0 Å². The average Bonchev–Trinajstić information content (AvgIpc) is 2.54. The highest BCUT2D eigenvalue weighted by Gasteiger charge is 2.16.